The number of hydrogen-bond acceptors (Lipinski definition) is 3. The van der Waals surface area contributed by atoms with Crippen LogP contribution >= 0.6 is 0 Å². The minimum Gasteiger partial charge on any atom is -0.482 e. The van der Waals surface area contributed by atoms with Gasteiger partial charge in [0.15, 0.2) is 6.61 Å². The lowest BCUT2D eigenvalue weighted by Crippen LogP contribution is -2.09. The molecule has 1 aromatic carbocycles. The quantitative estimate of drug-likeness (QED) is 0.740. The molecule has 0 spiro atoms. The first-order valence-electron chi connectivity index (χ1n) is 7.89. The molecule has 3 rings (SSSR count). The Hall–Kier alpha value is -2.82. The Balaban J connectivity index is 2.13. The topological polar surface area (TPSA) is 75.2 Å². The molecule has 5 heteroatoms. The van der Waals surface area contributed by atoms with Gasteiger partial charge in [-0.1, -0.05) is 13.8 Å². The zero-order valence-electron chi connectivity index (χ0n) is 14.0. The Morgan fingerprint density at radius 3 is 2.75 bits per heavy atom. The summed E-state index contributed by atoms with van der Waals surface area (Å²) in [7, 11) is 0. The summed E-state index contributed by atoms with van der Waals surface area (Å²) in [6.45, 7) is 5.91. The number of nitrogens with zero attached hydrogens (tertiary/aromatic N) is 1. The van der Waals surface area contributed by atoms with Gasteiger partial charge in [0.2, 0.25) is 0 Å². The lowest BCUT2D eigenvalue weighted by molar-refractivity contribution is -0.139. The number of hydrogen-bond donors (Lipinski definition) is 2. The molecule has 0 saturated carbocycles. The molecule has 5 nitrogen and oxygen atoms in total. The second kappa shape index (κ2) is 6.35. The van der Waals surface area contributed by atoms with Crippen molar-refractivity contribution in [2.45, 2.75) is 26.7 Å². The van der Waals surface area contributed by atoms with E-state index in [0.717, 1.165) is 27.9 Å². The number of carboxylic acid groups (broad SMARTS) is 1. The fraction of sp³-hybridized carbons (Fsp3) is 0.263. The maximum Gasteiger partial charge on any atom is 0.341 e. The Morgan fingerprint density at radius 1 is 1.29 bits per heavy atom. The van der Waals surface area contributed by atoms with Gasteiger partial charge in [0.05, 0.1) is 5.69 Å². The van der Waals surface area contributed by atoms with Crippen molar-refractivity contribution in [1.82, 2.24) is 9.97 Å². The molecule has 0 atom stereocenters. The van der Waals surface area contributed by atoms with Gasteiger partial charge in [-0.05, 0) is 48.7 Å². The third-order valence-electron chi connectivity index (χ3n) is 3.94. The summed E-state index contributed by atoms with van der Waals surface area (Å²) in [6.07, 6.45) is 1.81. The van der Waals surface area contributed by atoms with Crippen LogP contribution in [0.5, 0.6) is 5.75 Å². The van der Waals surface area contributed by atoms with E-state index in [0.29, 0.717) is 11.7 Å². The Morgan fingerprint density at radius 2 is 2.08 bits per heavy atom. The number of aromatic nitrogens is 2. The third-order valence-corrected chi connectivity index (χ3v) is 3.94. The van der Waals surface area contributed by atoms with E-state index in [9.17, 15) is 4.79 Å². The maximum atomic E-state index is 10.7. The van der Waals surface area contributed by atoms with Crippen LogP contribution in [0.2, 0.25) is 0 Å². The maximum absolute atomic E-state index is 10.7. The average Bonchev–Trinajstić information content (AvgIpc) is 2.91. The van der Waals surface area contributed by atoms with Crippen LogP contribution in [-0.2, 0) is 4.79 Å². The van der Waals surface area contributed by atoms with Crippen molar-refractivity contribution < 1.29 is 14.6 Å². The molecular formula is C19H20N2O3. The minimum absolute atomic E-state index is 0.303. The van der Waals surface area contributed by atoms with E-state index in [1.54, 1.807) is 6.07 Å². The average molecular weight is 324 g/mol. The van der Waals surface area contributed by atoms with E-state index in [1.165, 1.54) is 5.56 Å². The number of ether oxygens (including phenoxy) is 1. The molecule has 0 bridgehead atoms. The van der Waals surface area contributed by atoms with E-state index in [4.69, 9.17) is 9.84 Å². The van der Waals surface area contributed by atoms with E-state index < -0.39 is 5.97 Å². The normalized spacial score (nSPS) is 11.2. The molecule has 24 heavy (non-hydrogen) atoms. The number of H-pyrrole nitrogens is 1. The van der Waals surface area contributed by atoms with Crippen molar-refractivity contribution in [1.29, 1.82) is 0 Å². The second-order valence-electron chi connectivity index (χ2n) is 6.14. The number of fused-ring (bicyclic) bond motifs is 1. The Bertz CT molecular complexity index is 897. The molecule has 0 unspecified atom stereocenters. The number of pyridine rings is 1. The second-order valence-corrected chi connectivity index (χ2v) is 6.14. The van der Waals surface area contributed by atoms with E-state index in [-0.39, 0.29) is 6.61 Å². The summed E-state index contributed by atoms with van der Waals surface area (Å²) in [5.74, 6) is -0.124. The Labute approximate surface area is 140 Å². The van der Waals surface area contributed by atoms with Crippen LogP contribution in [0, 0.1) is 6.92 Å². The highest BCUT2D eigenvalue weighted by molar-refractivity contribution is 5.92. The summed E-state index contributed by atoms with van der Waals surface area (Å²) < 4.78 is 5.32. The Kier molecular flexibility index (Phi) is 4.25. The highest BCUT2D eigenvalue weighted by Gasteiger charge is 2.17. The molecule has 0 aliphatic rings. The number of aliphatic carboxylic acids is 1. The summed E-state index contributed by atoms with van der Waals surface area (Å²) in [5, 5.41) is 9.83. The van der Waals surface area contributed by atoms with Crippen LogP contribution in [0.15, 0.2) is 36.5 Å². The smallest absolute Gasteiger partial charge is 0.341 e. The molecule has 0 radical (unpaired) electrons. The van der Waals surface area contributed by atoms with Crippen molar-refractivity contribution in [3.8, 4) is 17.0 Å². The lowest BCUT2D eigenvalue weighted by atomic mass is 9.96. The molecule has 124 valence electrons. The van der Waals surface area contributed by atoms with Crippen molar-refractivity contribution in [2.24, 2.45) is 0 Å². The summed E-state index contributed by atoms with van der Waals surface area (Å²) in [4.78, 5) is 18.4. The molecule has 0 fully saturated rings. The van der Waals surface area contributed by atoms with E-state index >= 15 is 0 Å². The van der Waals surface area contributed by atoms with Gasteiger partial charge in [-0.3, -0.25) is 4.98 Å². The molecule has 2 heterocycles. The van der Waals surface area contributed by atoms with Gasteiger partial charge in [-0.15, -0.1) is 0 Å². The van der Waals surface area contributed by atoms with Crippen molar-refractivity contribution in [2.75, 3.05) is 6.61 Å². The van der Waals surface area contributed by atoms with Gasteiger partial charge in [-0.25, -0.2) is 4.79 Å². The summed E-state index contributed by atoms with van der Waals surface area (Å²) in [5.41, 5.74) is 5.32. The van der Waals surface area contributed by atoms with Gasteiger partial charge >= 0.3 is 5.97 Å². The first-order chi connectivity index (χ1) is 11.5. The molecule has 3 aromatic rings. The summed E-state index contributed by atoms with van der Waals surface area (Å²) >= 11 is 0. The number of carboxylic acids is 1. The SMILES string of the molecule is Cc1cc(-c2[nH]c3ccc(OCC(=O)O)cc3c2C(C)C)ccn1. The van der Waals surface area contributed by atoms with Crippen molar-refractivity contribution in [3.05, 3.63) is 47.8 Å². The standard InChI is InChI=1S/C19H20N2O3/c1-11(2)18-15-9-14(24-10-17(22)23)4-5-16(15)21-19(18)13-6-7-20-12(3)8-13/h4-9,11,21H,10H2,1-3H3,(H,22,23). The highest BCUT2D eigenvalue weighted by Crippen LogP contribution is 2.37. The van der Waals surface area contributed by atoms with Gasteiger partial charge in [0.25, 0.3) is 0 Å². The van der Waals surface area contributed by atoms with Crippen LogP contribution in [0.3, 0.4) is 0 Å². The molecule has 0 saturated heterocycles. The first kappa shape index (κ1) is 16.1. The highest BCUT2D eigenvalue weighted by atomic mass is 16.5. The van der Waals surface area contributed by atoms with Crippen molar-refractivity contribution in [3.63, 3.8) is 0 Å². The fourth-order valence-electron chi connectivity index (χ4n) is 2.96. The number of nitrogens with one attached hydrogen (secondary N) is 1. The van der Waals surface area contributed by atoms with Gasteiger partial charge < -0.3 is 14.8 Å². The van der Waals surface area contributed by atoms with Crippen molar-refractivity contribution >= 4 is 16.9 Å². The zero-order valence-corrected chi connectivity index (χ0v) is 14.0. The number of benzene rings is 1. The van der Waals surface area contributed by atoms with Gasteiger partial charge in [0.1, 0.15) is 5.75 Å². The van der Waals surface area contributed by atoms with Gasteiger partial charge in [-0.2, -0.15) is 0 Å². The predicted octanol–water partition coefficient (Wildman–Crippen LogP) is 4.13. The third kappa shape index (κ3) is 3.11. The predicted molar refractivity (Wildman–Crippen MR) is 93.5 cm³/mol. The van der Waals surface area contributed by atoms with E-state index in [1.807, 2.05) is 31.3 Å². The van der Waals surface area contributed by atoms with Crippen LogP contribution in [0.1, 0.15) is 31.0 Å². The van der Waals surface area contributed by atoms with Crippen LogP contribution in [0.25, 0.3) is 22.2 Å². The van der Waals surface area contributed by atoms with E-state index in [2.05, 4.69) is 29.9 Å². The van der Waals surface area contributed by atoms with Gasteiger partial charge in [0, 0.05) is 28.4 Å². The minimum atomic E-state index is -0.985. The first-order valence-corrected chi connectivity index (χ1v) is 7.89. The molecule has 0 aliphatic carbocycles. The zero-order chi connectivity index (χ0) is 17.3. The molecule has 0 amide bonds. The molecule has 2 aromatic heterocycles. The number of carbonyl (C=O) groups is 1. The van der Waals surface area contributed by atoms with Crippen LogP contribution < -0.4 is 4.74 Å². The molecule has 2 N–H and O–H groups in total. The fourth-order valence-corrected chi connectivity index (χ4v) is 2.96. The number of rotatable bonds is 5. The largest absolute Gasteiger partial charge is 0.482 e. The summed E-state index contributed by atoms with van der Waals surface area (Å²) in [6, 6.07) is 9.66. The molecule has 0 aliphatic heterocycles. The monoisotopic (exact) mass is 324 g/mol. The number of aromatic amines is 1. The number of aryl methyl sites for hydroxylation is 1. The van der Waals surface area contributed by atoms with Crippen LogP contribution in [-0.4, -0.2) is 27.7 Å². The van der Waals surface area contributed by atoms with Crippen LogP contribution in [0.4, 0.5) is 0 Å². The lowest BCUT2D eigenvalue weighted by Gasteiger charge is -2.09. The molecular weight excluding hydrogens is 304 g/mol.